The molecule has 2 aromatic rings. The van der Waals surface area contributed by atoms with Crippen LogP contribution in [0.15, 0.2) is 28.9 Å². The number of hydrogen-bond acceptors (Lipinski definition) is 4. The molecule has 0 aliphatic rings. The third-order valence-electron chi connectivity index (χ3n) is 2.80. The maximum absolute atomic E-state index is 14.0. The van der Waals surface area contributed by atoms with Crippen molar-refractivity contribution in [3.8, 4) is 5.69 Å². The molecule has 0 bridgehead atoms. The van der Waals surface area contributed by atoms with Gasteiger partial charge in [-0.15, -0.1) is 0 Å². The topological polar surface area (TPSA) is 74.4 Å². The molecule has 0 spiro atoms. The summed E-state index contributed by atoms with van der Waals surface area (Å²) in [5, 5.41) is 11.1. The number of hydrogen-bond donors (Lipinski definition) is 0. The Balaban J connectivity index is 2.71. The van der Waals surface area contributed by atoms with Crippen LogP contribution in [0.1, 0.15) is 17.4 Å². The summed E-state index contributed by atoms with van der Waals surface area (Å²) in [6.45, 7) is 1.53. The first-order valence-electron chi connectivity index (χ1n) is 6.05. The van der Waals surface area contributed by atoms with Crippen LogP contribution in [0.25, 0.3) is 5.69 Å². The number of benzene rings is 1. The van der Waals surface area contributed by atoms with Crippen molar-refractivity contribution < 1.29 is 23.2 Å². The van der Waals surface area contributed by atoms with E-state index in [-0.39, 0.29) is 16.8 Å². The van der Waals surface area contributed by atoms with Crippen molar-refractivity contribution in [1.29, 1.82) is 0 Å². The number of carbonyl (C=O) groups excluding carboxylic acids is 1. The van der Waals surface area contributed by atoms with Gasteiger partial charge in [-0.05, 0) is 41.1 Å². The van der Waals surface area contributed by atoms with E-state index in [1.165, 1.54) is 19.1 Å². The van der Waals surface area contributed by atoms with Gasteiger partial charge in [-0.2, -0.15) is 4.39 Å². The summed E-state index contributed by atoms with van der Waals surface area (Å²) in [4.78, 5) is 22.0. The molecule has 116 valence electrons. The molecule has 0 saturated carbocycles. The molecule has 0 amide bonds. The van der Waals surface area contributed by atoms with Crippen LogP contribution in [0.3, 0.4) is 0 Å². The van der Waals surface area contributed by atoms with Gasteiger partial charge < -0.3 is 9.30 Å². The fourth-order valence-electron chi connectivity index (χ4n) is 1.90. The highest BCUT2D eigenvalue weighted by atomic mass is 79.9. The monoisotopic (exact) mass is 374 g/mol. The van der Waals surface area contributed by atoms with E-state index in [1.807, 2.05) is 0 Å². The van der Waals surface area contributed by atoms with Crippen molar-refractivity contribution in [2.75, 3.05) is 6.61 Å². The lowest BCUT2D eigenvalue weighted by Crippen LogP contribution is -2.13. The van der Waals surface area contributed by atoms with Crippen molar-refractivity contribution in [1.82, 2.24) is 4.57 Å². The van der Waals surface area contributed by atoms with Crippen LogP contribution in [-0.4, -0.2) is 22.1 Å². The lowest BCUT2D eigenvalue weighted by molar-refractivity contribution is -0.387. The smallest absolute Gasteiger partial charge is 0.358 e. The van der Waals surface area contributed by atoms with Gasteiger partial charge in [-0.25, -0.2) is 9.18 Å². The van der Waals surface area contributed by atoms with Crippen LogP contribution in [0, 0.1) is 21.7 Å². The van der Waals surface area contributed by atoms with E-state index < -0.39 is 33.9 Å². The van der Waals surface area contributed by atoms with Gasteiger partial charge in [0, 0.05) is 6.20 Å². The van der Waals surface area contributed by atoms with Crippen LogP contribution in [-0.2, 0) is 4.74 Å². The minimum atomic E-state index is -1.12. The molecule has 0 atom stereocenters. The predicted molar refractivity (Wildman–Crippen MR) is 76.0 cm³/mol. The molecule has 1 heterocycles. The third-order valence-corrected chi connectivity index (χ3v) is 3.41. The molecule has 22 heavy (non-hydrogen) atoms. The number of aromatic nitrogens is 1. The summed E-state index contributed by atoms with van der Waals surface area (Å²) in [6, 6.07) is 3.37. The molecular formula is C13H9BrF2N2O4. The van der Waals surface area contributed by atoms with Crippen molar-refractivity contribution in [2.45, 2.75) is 6.92 Å². The highest BCUT2D eigenvalue weighted by molar-refractivity contribution is 9.10. The second kappa shape index (κ2) is 6.22. The van der Waals surface area contributed by atoms with Crippen LogP contribution in [0.5, 0.6) is 0 Å². The molecule has 0 saturated heterocycles. The summed E-state index contributed by atoms with van der Waals surface area (Å²) < 4.78 is 33.2. The Bertz CT molecular complexity index is 761. The van der Waals surface area contributed by atoms with E-state index in [0.717, 1.165) is 16.8 Å². The highest BCUT2D eigenvalue weighted by Gasteiger charge is 2.28. The number of carbonyl (C=O) groups is 1. The number of nitro benzene ring substituents is 1. The fraction of sp³-hybridized carbons (Fsp3) is 0.154. The third kappa shape index (κ3) is 2.71. The van der Waals surface area contributed by atoms with Gasteiger partial charge in [0.15, 0.2) is 11.5 Å². The summed E-state index contributed by atoms with van der Waals surface area (Å²) in [5.74, 6) is -3.04. The van der Waals surface area contributed by atoms with Gasteiger partial charge in [0.1, 0.15) is 5.69 Å². The quantitative estimate of drug-likeness (QED) is 0.465. The molecule has 0 unspecified atom stereocenters. The van der Waals surface area contributed by atoms with Gasteiger partial charge in [0.2, 0.25) is 5.82 Å². The van der Waals surface area contributed by atoms with Crippen LogP contribution in [0.4, 0.5) is 14.5 Å². The molecular weight excluding hydrogens is 366 g/mol. The van der Waals surface area contributed by atoms with Crippen molar-refractivity contribution >= 4 is 27.6 Å². The van der Waals surface area contributed by atoms with E-state index in [9.17, 15) is 23.7 Å². The standard InChI is InChI=1S/C13H9BrF2N2O4/c1-2-22-13(19)11-8(15)5-6-17(11)9-4-3-7(14)10(16)12(9)18(20)21/h3-6H,2H2,1H3. The maximum Gasteiger partial charge on any atom is 0.358 e. The Kier molecular flexibility index (Phi) is 4.55. The van der Waals surface area contributed by atoms with Gasteiger partial charge in [-0.3, -0.25) is 10.1 Å². The number of esters is 1. The van der Waals surface area contributed by atoms with E-state index >= 15 is 0 Å². The summed E-state index contributed by atoms with van der Waals surface area (Å²) in [5.41, 5.74) is -1.69. The first-order chi connectivity index (χ1) is 10.4. The summed E-state index contributed by atoms with van der Waals surface area (Å²) in [7, 11) is 0. The fourth-order valence-corrected chi connectivity index (χ4v) is 2.22. The molecule has 0 N–H and O–H groups in total. The van der Waals surface area contributed by atoms with Crippen molar-refractivity contribution in [3.05, 3.63) is 56.3 Å². The zero-order chi connectivity index (χ0) is 16.4. The minimum Gasteiger partial charge on any atom is -0.461 e. The number of rotatable bonds is 4. The zero-order valence-electron chi connectivity index (χ0n) is 11.2. The Morgan fingerprint density at radius 1 is 1.41 bits per heavy atom. The van der Waals surface area contributed by atoms with Gasteiger partial charge >= 0.3 is 11.7 Å². The van der Waals surface area contributed by atoms with E-state index in [2.05, 4.69) is 15.9 Å². The van der Waals surface area contributed by atoms with Gasteiger partial charge in [0.05, 0.1) is 16.0 Å². The Morgan fingerprint density at radius 2 is 2.09 bits per heavy atom. The molecule has 9 heteroatoms. The summed E-state index contributed by atoms with van der Waals surface area (Å²) in [6.07, 6.45) is 1.09. The molecule has 0 aliphatic heterocycles. The molecule has 6 nitrogen and oxygen atoms in total. The Morgan fingerprint density at radius 3 is 2.68 bits per heavy atom. The molecule has 0 fully saturated rings. The van der Waals surface area contributed by atoms with E-state index in [1.54, 1.807) is 0 Å². The van der Waals surface area contributed by atoms with Crippen molar-refractivity contribution in [3.63, 3.8) is 0 Å². The first-order valence-corrected chi connectivity index (χ1v) is 6.84. The van der Waals surface area contributed by atoms with Crippen LogP contribution < -0.4 is 0 Å². The average molecular weight is 375 g/mol. The second-order valence-electron chi connectivity index (χ2n) is 4.09. The van der Waals surface area contributed by atoms with Crippen LogP contribution in [0.2, 0.25) is 0 Å². The first kappa shape index (κ1) is 16.1. The number of nitro groups is 1. The van der Waals surface area contributed by atoms with Gasteiger partial charge in [0.25, 0.3) is 0 Å². The largest absolute Gasteiger partial charge is 0.461 e. The maximum atomic E-state index is 14.0. The normalized spacial score (nSPS) is 10.5. The number of ether oxygens (including phenoxy) is 1. The van der Waals surface area contributed by atoms with Gasteiger partial charge in [-0.1, -0.05) is 0 Å². The summed E-state index contributed by atoms with van der Waals surface area (Å²) >= 11 is 2.84. The number of halogens is 3. The highest BCUT2D eigenvalue weighted by Crippen LogP contribution is 2.32. The molecule has 0 aliphatic carbocycles. The lowest BCUT2D eigenvalue weighted by atomic mass is 10.2. The Labute approximate surface area is 131 Å². The number of nitrogens with zero attached hydrogens (tertiary/aromatic N) is 2. The Hall–Kier alpha value is -2.29. The molecule has 2 rings (SSSR count). The average Bonchev–Trinajstić information content (AvgIpc) is 2.83. The molecule has 1 aromatic carbocycles. The van der Waals surface area contributed by atoms with Crippen LogP contribution >= 0.6 is 15.9 Å². The van der Waals surface area contributed by atoms with E-state index in [4.69, 9.17) is 4.74 Å². The zero-order valence-corrected chi connectivity index (χ0v) is 12.8. The minimum absolute atomic E-state index is 0.000244. The lowest BCUT2D eigenvalue weighted by Gasteiger charge is -2.10. The molecule has 0 radical (unpaired) electrons. The SMILES string of the molecule is CCOC(=O)c1c(F)ccn1-c1ccc(Br)c(F)c1[N+](=O)[O-]. The second-order valence-corrected chi connectivity index (χ2v) is 4.94. The molecule has 1 aromatic heterocycles. The van der Waals surface area contributed by atoms with E-state index in [0.29, 0.717) is 0 Å². The van der Waals surface area contributed by atoms with Crippen molar-refractivity contribution in [2.24, 2.45) is 0 Å². The predicted octanol–water partition coefficient (Wildman–Crippen LogP) is 3.60.